The summed E-state index contributed by atoms with van der Waals surface area (Å²) in [5.41, 5.74) is 4.26. The van der Waals surface area contributed by atoms with Crippen LogP contribution in [0.15, 0.2) is 89.2 Å². The lowest BCUT2D eigenvalue weighted by molar-refractivity contribution is -0.686. The van der Waals surface area contributed by atoms with Gasteiger partial charge in [-0.2, -0.15) is 14.8 Å². The van der Waals surface area contributed by atoms with Gasteiger partial charge in [-0.3, -0.25) is 9.59 Å². The molecule has 2 aliphatic heterocycles. The first-order chi connectivity index (χ1) is 35.0. The normalized spacial score (nSPS) is 12.4. The smallest absolute Gasteiger partial charge is 0.415 e. The molecule has 0 saturated heterocycles. The van der Waals surface area contributed by atoms with Gasteiger partial charge in [0.25, 0.3) is 5.91 Å². The summed E-state index contributed by atoms with van der Waals surface area (Å²) >= 11 is 0. The Bertz CT molecular complexity index is 2870. The molecular formula is C53H63N8O12+. The molecule has 0 aliphatic carbocycles. The Hall–Kier alpha value is -8.16. The van der Waals surface area contributed by atoms with Gasteiger partial charge in [0.1, 0.15) is 18.0 Å². The highest BCUT2D eigenvalue weighted by Gasteiger charge is 2.30. The first-order valence-corrected chi connectivity index (χ1v) is 24.1. The predicted molar refractivity (Wildman–Crippen MR) is 269 cm³/mol. The van der Waals surface area contributed by atoms with Crippen LogP contribution in [0.1, 0.15) is 67.9 Å². The van der Waals surface area contributed by atoms with E-state index in [1.807, 2.05) is 24.4 Å². The van der Waals surface area contributed by atoms with Crippen molar-refractivity contribution in [2.45, 2.75) is 71.6 Å². The minimum Gasteiger partial charge on any atom is -0.507 e. The fraction of sp³-hybridized carbons (Fsp3) is 0.396. The molecule has 386 valence electrons. The van der Waals surface area contributed by atoms with Gasteiger partial charge in [0.05, 0.1) is 35.0 Å². The molecular weight excluding hydrogens is 941 g/mol. The largest absolute Gasteiger partial charge is 0.507 e. The number of aromatic nitrogens is 1. The second-order valence-electron chi connectivity index (χ2n) is 18.7. The number of nitrogens with one attached hydrogen (secondary N) is 2. The third-order valence-electron chi connectivity index (χ3n) is 12.0. The SMILES string of the molecule is COc1ccc2cc3[n+](cc2c1OC(=O)N(C)CCNC(=O)CCCCCNC(=O)c1cc(/N=N/c2ccc(COC(=O)N(C)CCN(C)C(=O)OC(C)(C)C)cc2)ccc1O)CCc1cc2c(cc1-3)OCO2. The number of methoxy groups -OCH3 is 1. The minimum absolute atomic E-state index is 0.0215. The minimum atomic E-state index is -0.620. The molecule has 20 nitrogen and oxygen atoms in total. The molecule has 0 saturated carbocycles. The maximum absolute atomic E-state index is 13.3. The molecule has 7 rings (SSSR count). The van der Waals surface area contributed by atoms with E-state index >= 15 is 0 Å². The molecule has 5 aromatic rings. The molecule has 1 aromatic heterocycles. The van der Waals surface area contributed by atoms with E-state index in [0.717, 1.165) is 46.3 Å². The highest BCUT2D eigenvalue weighted by atomic mass is 16.7. The summed E-state index contributed by atoms with van der Waals surface area (Å²) in [5, 5.41) is 26.1. The standard InChI is InChI=1S/C53H62N8O12/c1-53(2,3)73-52(67)60(6)26-25-59(5)50(65)69-32-34-12-15-37(16-13-34)56-57-38-17-18-43(62)40(29-38)49(64)55-21-10-8-9-11-47(63)54-22-24-58(4)51(66)72-48-41-31-61-23-20-36-28-45-46(71-33-70-45)30-39(36)42(61)27-35(41)14-19-44(48)68-7/h12-19,27-31H,8-11,20-26,32-33H2,1-7H3,(H2-,54,55,56,62,63,64)/p+1. The van der Waals surface area contributed by atoms with Crippen LogP contribution in [0.2, 0.25) is 0 Å². The number of unbranched alkanes of at least 4 members (excludes halogenated alkanes) is 2. The van der Waals surface area contributed by atoms with Gasteiger partial charge in [-0.1, -0.05) is 18.6 Å². The fourth-order valence-corrected chi connectivity index (χ4v) is 7.88. The summed E-state index contributed by atoms with van der Waals surface area (Å²) in [6, 6.07) is 21.1. The van der Waals surface area contributed by atoms with E-state index in [2.05, 4.69) is 31.5 Å². The zero-order valence-electron chi connectivity index (χ0n) is 42.3. The third-order valence-corrected chi connectivity index (χ3v) is 12.0. The molecule has 5 amide bonds. The number of azo groups is 1. The number of phenols is 1. The summed E-state index contributed by atoms with van der Waals surface area (Å²) in [6.45, 7) is 7.58. The summed E-state index contributed by atoms with van der Waals surface area (Å²) in [7, 11) is 6.31. The van der Waals surface area contributed by atoms with Crippen molar-refractivity contribution in [2.75, 3.05) is 67.8 Å². The van der Waals surface area contributed by atoms with Gasteiger partial charge < -0.3 is 58.9 Å². The maximum atomic E-state index is 13.3. The highest BCUT2D eigenvalue weighted by molar-refractivity contribution is 5.97. The molecule has 0 bridgehead atoms. The van der Waals surface area contributed by atoms with Crippen LogP contribution in [0.3, 0.4) is 0 Å². The molecule has 3 N–H and O–H groups in total. The molecule has 0 spiro atoms. The Labute approximate surface area is 423 Å². The van der Waals surface area contributed by atoms with Gasteiger partial charge >= 0.3 is 18.3 Å². The van der Waals surface area contributed by atoms with Crippen molar-refractivity contribution in [3.63, 3.8) is 0 Å². The Morgan fingerprint density at radius 1 is 0.767 bits per heavy atom. The van der Waals surface area contributed by atoms with Crippen LogP contribution < -0.4 is 34.1 Å². The molecule has 4 aromatic carbocycles. The van der Waals surface area contributed by atoms with Crippen LogP contribution in [0.25, 0.3) is 22.0 Å². The van der Waals surface area contributed by atoms with E-state index in [1.165, 1.54) is 45.6 Å². The van der Waals surface area contributed by atoms with Crippen molar-refractivity contribution < 1.29 is 62.1 Å². The van der Waals surface area contributed by atoms with Gasteiger partial charge in [-0.15, -0.1) is 0 Å². The molecule has 0 fully saturated rings. The second-order valence-corrected chi connectivity index (χ2v) is 18.7. The zero-order valence-corrected chi connectivity index (χ0v) is 42.3. The second kappa shape index (κ2) is 23.8. The summed E-state index contributed by atoms with van der Waals surface area (Å²) in [4.78, 5) is 67.8. The number of carbonyl (C=O) groups is 5. The molecule has 0 atom stereocenters. The molecule has 20 heteroatoms. The molecule has 73 heavy (non-hydrogen) atoms. The summed E-state index contributed by atoms with van der Waals surface area (Å²) in [6.07, 6.45) is 3.27. The first kappa shape index (κ1) is 52.7. The Balaban J connectivity index is 0.784. The van der Waals surface area contributed by atoms with Crippen LogP contribution in [0.4, 0.5) is 25.8 Å². The van der Waals surface area contributed by atoms with Crippen molar-refractivity contribution in [3.8, 4) is 40.0 Å². The van der Waals surface area contributed by atoms with E-state index in [0.29, 0.717) is 54.4 Å². The van der Waals surface area contributed by atoms with Gasteiger partial charge in [0.2, 0.25) is 18.4 Å². The molecule has 0 radical (unpaired) electrons. The topological polar surface area (TPSA) is 223 Å². The predicted octanol–water partition coefficient (Wildman–Crippen LogP) is 8.18. The van der Waals surface area contributed by atoms with Gasteiger partial charge in [-0.05, 0) is 105 Å². The number of likely N-dealkylation sites (N-methyl/N-ethyl adjacent to an activating group) is 3. The quantitative estimate of drug-likeness (QED) is 0.0405. The number of hydrogen-bond donors (Lipinski definition) is 3. The fourth-order valence-electron chi connectivity index (χ4n) is 7.88. The number of rotatable bonds is 19. The lowest BCUT2D eigenvalue weighted by atomic mass is 9.95. The Kier molecular flexibility index (Phi) is 17.2. The van der Waals surface area contributed by atoms with Gasteiger partial charge in [0, 0.05) is 72.8 Å². The lowest BCUT2D eigenvalue weighted by Gasteiger charge is -2.26. The van der Waals surface area contributed by atoms with Gasteiger partial charge in [0.15, 0.2) is 35.7 Å². The lowest BCUT2D eigenvalue weighted by Crippen LogP contribution is -2.40. The maximum Gasteiger partial charge on any atom is 0.415 e. The number of aromatic hydroxyl groups is 1. The van der Waals surface area contributed by atoms with E-state index in [-0.39, 0.29) is 63.2 Å². The zero-order chi connectivity index (χ0) is 52.2. The third kappa shape index (κ3) is 14.0. The van der Waals surface area contributed by atoms with E-state index < -0.39 is 29.8 Å². The average Bonchev–Trinajstić information content (AvgIpc) is 3.84. The van der Waals surface area contributed by atoms with E-state index in [1.54, 1.807) is 72.2 Å². The number of amides is 5. The summed E-state index contributed by atoms with van der Waals surface area (Å²) < 4.78 is 35.7. The van der Waals surface area contributed by atoms with Crippen LogP contribution in [-0.2, 0) is 33.8 Å². The average molecular weight is 1000 g/mol. The number of aryl methyl sites for hydroxylation is 2. The van der Waals surface area contributed by atoms with Crippen LogP contribution >= 0.6 is 0 Å². The van der Waals surface area contributed by atoms with Crippen LogP contribution in [0, 0.1) is 0 Å². The van der Waals surface area contributed by atoms with Crippen molar-refractivity contribution in [2.24, 2.45) is 10.2 Å². The van der Waals surface area contributed by atoms with E-state index in [4.69, 9.17) is 28.4 Å². The molecule has 0 unspecified atom stereocenters. The van der Waals surface area contributed by atoms with Gasteiger partial charge in [-0.25, -0.2) is 14.4 Å². The van der Waals surface area contributed by atoms with Crippen molar-refractivity contribution in [1.29, 1.82) is 0 Å². The molecule has 2 aliphatic rings. The number of nitrogens with zero attached hydrogens (tertiary/aromatic N) is 6. The molecule has 3 heterocycles. The van der Waals surface area contributed by atoms with Crippen LogP contribution in [-0.4, -0.2) is 123 Å². The number of phenolic OH excluding ortho intramolecular Hbond substituents is 1. The number of benzene rings is 4. The van der Waals surface area contributed by atoms with E-state index in [9.17, 15) is 29.1 Å². The Morgan fingerprint density at radius 3 is 2.21 bits per heavy atom. The van der Waals surface area contributed by atoms with Crippen molar-refractivity contribution >= 4 is 52.2 Å². The Morgan fingerprint density at radius 2 is 1.47 bits per heavy atom. The van der Waals surface area contributed by atoms with Crippen molar-refractivity contribution in [1.82, 2.24) is 25.3 Å². The number of hydrogen-bond acceptors (Lipinski definition) is 14. The monoisotopic (exact) mass is 1000 g/mol. The van der Waals surface area contributed by atoms with Crippen LogP contribution in [0.5, 0.6) is 28.7 Å². The first-order valence-electron chi connectivity index (χ1n) is 24.1. The number of ether oxygens (including phenoxy) is 6. The highest BCUT2D eigenvalue weighted by Crippen LogP contribution is 2.42. The number of carbonyl (C=O) groups excluding carboxylic acids is 5. The van der Waals surface area contributed by atoms with Crippen molar-refractivity contribution in [3.05, 3.63) is 95.7 Å². The number of fused-ring (bicyclic) bond motifs is 5. The number of pyridine rings is 1. The summed E-state index contributed by atoms with van der Waals surface area (Å²) in [5.74, 6) is 1.34.